The van der Waals surface area contributed by atoms with Crippen LogP contribution in [0.5, 0.6) is 0 Å². The first-order valence-electron chi connectivity index (χ1n) is 16.1. The maximum absolute atomic E-state index is 12.7. The topological polar surface area (TPSA) is 122 Å². The third kappa shape index (κ3) is 8.72. The zero-order chi connectivity index (χ0) is 36.3. The molecule has 2 heterocycles. The van der Waals surface area contributed by atoms with Crippen molar-refractivity contribution in [2.45, 2.75) is 23.6 Å². The van der Waals surface area contributed by atoms with E-state index in [1.54, 1.807) is 72.8 Å². The van der Waals surface area contributed by atoms with Crippen LogP contribution in [-0.2, 0) is 39.5 Å². The molecule has 53 heavy (non-hydrogen) atoms. The van der Waals surface area contributed by atoms with E-state index in [4.69, 9.17) is 0 Å². The first-order chi connectivity index (χ1) is 25.1. The Morgan fingerprint density at radius 1 is 0.453 bits per heavy atom. The molecule has 0 bridgehead atoms. The number of hydrogen-bond acceptors (Lipinski definition) is 8. The number of para-hydroxylation sites is 2. The number of sulfonamides is 2. The largest absolute Gasteiger partial charge is 2.00 e. The van der Waals surface area contributed by atoms with Crippen molar-refractivity contribution in [1.29, 1.82) is 0 Å². The monoisotopic (exact) mass is 822 g/mol. The molecule has 0 aliphatic heterocycles. The Balaban J connectivity index is 0.000000178. The van der Waals surface area contributed by atoms with Gasteiger partial charge in [-0.3, -0.25) is 0 Å². The van der Waals surface area contributed by atoms with E-state index in [9.17, 15) is 16.8 Å². The van der Waals surface area contributed by atoms with Crippen LogP contribution in [0.25, 0.3) is 51.0 Å². The van der Waals surface area contributed by atoms with Crippen LogP contribution in [0.15, 0.2) is 155 Å². The minimum Gasteiger partial charge on any atom is -0.572 e. The average molecular weight is 824 g/mol. The van der Waals surface area contributed by atoms with Crippen LogP contribution in [0, 0.1) is 13.8 Å². The van der Waals surface area contributed by atoms with Gasteiger partial charge in [0, 0.05) is 0 Å². The number of rotatable bonds is 8. The second kappa shape index (κ2) is 16.1. The average Bonchev–Trinajstić information content (AvgIpc) is 3.77. The van der Waals surface area contributed by atoms with Crippen molar-refractivity contribution in [2.24, 2.45) is 0 Å². The van der Waals surface area contributed by atoms with E-state index in [2.05, 4.69) is 19.4 Å². The quantitative estimate of drug-likeness (QED) is 0.141. The number of aromatic nitrogens is 2. The predicted octanol–water partition coefficient (Wildman–Crippen LogP) is 11.3. The molecule has 8 nitrogen and oxygen atoms in total. The fourth-order valence-electron chi connectivity index (χ4n) is 5.23. The van der Waals surface area contributed by atoms with E-state index in [0.29, 0.717) is 22.5 Å². The van der Waals surface area contributed by atoms with Crippen molar-refractivity contribution in [1.82, 2.24) is 9.97 Å². The summed E-state index contributed by atoms with van der Waals surface area (Å²) in [6.07, 6.45) is 0. The minimum absolute atomic E-state index is 0. The summed E-state index contributed by atoms with van der Waals surface area (Å²) in [4.78, 5) is 9.61. The third-order valence-corrected chi connectivity index (χ3v) is 12.7. The second-order valence-corrected chi connectivity index (χ2v) is 17.0. The zero-order valence-electron chi connectivity index (χ0n) is 28.6. The zero-order valence-corrected chi connectivity index (χ0v) is 34.9. The van der Waals surface area contributed by atoms with Gasteiger partial charge in [-0.15, -0.1) is 34.0 Å². The van der Waals surface area contributed by atoms with Gasteiger partial charge in [-0.2, -0.15) is 0 Å². The van der Waals surface area contributed by atoms with Crippen molar-refractivity contribution < 1.29 is 36.3 Å². The minimum atomic E-state index is -3.79. The molecule has 0 N–H and O–H groups in total. The van der Waals surface area contributed by atoms with Crippen LogP contribution in [0.4, 0.5) is 11.4 Å². The number of hydrogen-bond donors (Lipinski definition) is 0. The van der Waals surface area contributed by atoms with Gasteiger partial charge in [-0.1, -0.05) is 108 Å². The van der Waals surface area contributed by atoms with E-state index in [1.165, 1.54) is 22.7 Å². The summed E-state index contributed by atoms with van der Waals surface area (Å²) in [7, 11) is -7.58. The molecule has 0 amide bonds. The van der Waals surface area contributed by atoms with Crippen molar-refractivity contribution >= 4 is 74.5 Å². The van der Waals surface area contributed by atoms with Crippen LogP contribution in [0.1, 0.15) is 11.1 Å². The smallest absolute Gasteiger partial charge is 0.572 e. The van der Waals surface area contributed by atoms with Crippen LogP contribution in [0.3, 0.4) is 0 Å². The van der Waals surface area contributed by atoms with E-state index in [-0.39, 0.29) is 29.3 Å². The maximum Gasteiger partial charge on any atom is 2.00 e. The van der Waals surface area contributed by atoms with Gasteiger partial charge in [-0.25, -0.2) is 26.8 Å². The second-order valence-electron chi connectivity index (χ2n) is 11.8. The number of benzene rings is 6. The number of aryl methyl sites for hydroxylation is 2. The standard InChI is InChI=1S/2C20H15N2O2S2.Zn/c2*1-14-10-12-15(13-11-14)26(23,24)22-17-7-3-2-6-16(17)20-21-18-8-4-5-9-19(18)25-20;/h2*2-13H,1H3;/q2*-1;+2. The summed E-state index contributed by atoms with van der Waals surface area (Å²) in [5, 5.41) is 1.51. The molecular formula is C40H30N4O4S4Zn. The van der Waals surface area contributed by atoms with Crippen LogP contribution in [0.2, 0.25) is 0 Å². The fourth-order valence-corrected chi connectivity index (χ4v) is 9.23. The number of thiazole rings is 2. The van der Waals surface area contributed by atoms with Crippen LogP contribution in [-0.4, -0.2) is 26.8 Å². The predicted molar refractivity (Wildman–Crippen MR) is 213 cm³/mol. The van der Waals surface area contributed by atoms with Crippen molar-refractivity contribution in [3.63, 3.8) is 0 Å². The molecule has 0 aliphatic carbocycles. The Hall–Kier alpha value is -4.78. The molecule has 0 atom stereocenters. The molecule has 0 radical (unpaired) electrons. The molecule has 0 saturated carbocycles. The van der Waals surface area contributed by atoms with Gasteiger partial charge in [0.1, 0.15) is 30.1 Å². The van der Waals surface area contributed by atoms with E-state index in [1.807, 2.05) is 86.6 Å². The van der Waals surface area contributed by atoms with E-state index in [0.717, 1.165) is 41.6 Å². The first-order valence-corrected chi connectivity index (χ1v) is 20.6. The van der Waals surface area contributed by atoms with Gasteiger partial charge >= 0.3 is 19.5 Å². The molecule has 8 rings (SSSR count). The molecule has 2 aromatic heterocycles. The molecule has 8 aromatic rings. The normalized spacial score (nSPS) is 11.4. The molecule has 0 aliphatic rings. The summed E-state index contributed by atoms with van der Waals surface area (Å²) >= 11 is 3.04. The number of nitrogens with zero attached hydrogens (tertiary/aromatic N) is 4. The van der Waals surface area contributed by atoms with Gasteiger partial charge in [0.05, 0.1) is 30.2 Å². The Bertz CT molecular complexity index is 2490. The van der Waals surface area contributed by atoms with Gasteiger partial charge in [0.25, 0.3) is 0 Å². The van der Waals surface area contributed by atoms with Crippen molar-refractivity contribution in [2.75, 3.05) is 0 Å². The first kappa shape index (κ1) is 38.0. The summed E-state index contributed by atoms with van der Waals surface area (Å²) in [6.45, 7) is 3.83. The summed E-state index contributed by atoms with van der Waals surface area (Å²) < 4.78 is 61.0. The van der Waals surface area contributed by atoms with Crippen molar-refractivity contribution in [3.8, 4) is 21.1 Å². The van der Waals surface area contributed by atoms with E-state index < -0.39 is 20.0 Å². The fraction of sp³-hybridized carbons (Fsp3) is 0.0500. The molecule has 260 valence electrons. The number of fused-ring (bicyclic) bond motifs is 2. The molecular weight excluding hydrogens is 794 g/mol. The van der Waals surface area contributed by atoms with Gasteiger partial charge < -0.3 is 9.44 Å². The molecule has 0 spiro atoms. The van der Waals surface area contributed by atoms with Gasteiger partial charge in [0.15, 0.2) is 0 Å². The van der Waals surface area contributed by atoms with Gasteiger partial charge in [-0.05, 0) is 73.5 Å². The molecule has 0 fully saturated rings. The molecule has 13 heteroatoms. The summed E-state index contributed by atoms with van der Waals surface area (Å²) in [5.74, 6) is 0. The SMILES string of the molecule is Cc1ccc(S(=O)(=O)[N-]c2ccccc2-c2nc3ccccc3s2)cc1.Cc1ccc(S(=O)(=O)[N-]c2ccccc2-c2nc3ccccc3s2)cc1.[Zn+2]. The van der Waals surface area contributed by atoms with Crippen LogP contribution >= 0.6 is 22.7 Å². The van der Waals surface area contributed by atoms with Crippen LogP contribution < -0.4 is 0 Å². The molecule has 6 aromatic carbocycles. The Morgan fingerprint density at radius 2 is 0.792 bits per heavy atom. The Morgan fingerprint density at radius 3 is 1.17 bits per heavy atom. The Labute approximate surface area is 329 Å². The van der Waals surface area contributed by atoms with Gasteiger partial charge in [0.2, 0.25) is 0 Å². The molecule has 0 unspecified atom stereocenters. The maximum atomic E-state index is 12.7. The van der Waals surface area contributed by atoms with Crippen molar-refractivity contribution in [3.05, 3.63) is 166 Å². The Kier molecular flexibility index (Phi) is 11.5. The summed E-state index contributed by atoms with van der Waals surface area (Å²) in [6, 6.07) is 43.4. The third-order valence-electron chi connectivity index (χ3n) is 7.93. The summed E-state index contributed by atoms with van der Waals surface area (Å²) in [5.41, 5.74) is 6.00. The molecule has 0 saturated heterocycles. The van der Waals surface area contributed by atoms with E-state index >= 15 is 0 Å².